The molecule has 11 heteroatoms. The van der Waals surface area contributed by atoms with E-state index >= 15 is 0 Å². The van der Waals surface area contributed by atoms with Crippen molar-refractivity contribution in [2.45, 2.75) is 30.5 Å². The SMILES string of the molecule is CC(Sc1nnc(COc2ccc(Cl)cc2)n1N)C(=O)NCc1ccc2c(c1)OCO2. The largest absolute Gasteiger partial charge is 0.486 e. The highest BCUT2D eigenvalue weighted by Crippen LogP contribution is 2.32. The van der Waals surface area contributed by atoms with Gasteiger partial charge in [-0.3, -0.25) is 4.79 Å². The molecule has 2 heterocycles. The third kappa shape index (κ3) is 5.15. The molecule has 0 saturated carbocycles. The summed E-state index contributed by atoms with van der Waals surface area (Å²) in [6, 6.07) is 12.5. The van der Waals surface area contributed by atoms with Gasteiger partial charge in [-0.2, -0.15) is 0 Å². The van der Waals surface area contributed by atoms with Crippen LogP contribution in [-0.4, -0.2) is 32.8 Å². The van der Waals surface area contributed by atoms with E-state index in [1.807, 2.05) is 18.2 Å². The molecule has 1 aliphatic heterocycles. The van der Waals surface area contributed by atoms with Crippen LogP contribution in [0.3, 0.4) is 0 Å². The fraction of sp³-hybridized carbons (Fsp3) is 0.250. The number of carbonyl (C=O) groups is 1. The number of thioether (sulfide) groups is 1. The lowest BCUT2D eigenvalue weighted by atomic mass is 10.2. The maximum Gasteiger partial charge on any atom is 0.233 e. The van der Waals surface area contributed by atoms with Crippen molar-refractivity contribution in [3.05, 3.63) is 58.9 Å². The molecule has 0 radical (unpaired) electrons. The average molecular weight is 462 g/mol. The molecule has 0 spiro atoms. The highest BCUT2D eigenvalue weighted by atomic mass is 35.5. The molecule has 0 fully saturated rings. The van der Waals surface area contributed by atoms with Gasteiger partial charge in [0.05, 0.1) is 5.25 Å². The van der Waals surface area contributed by atoms with E-state index in [1.165, 1.54) is 16.4 Å². The second-order valence-electron chi connectivity index (χ2n) is 6.68. The van der Waals surface area contributed by atoms with Crippen LogP contribution in [0.1, 0.15) is 18.3 Å². The minimum Gasteiger partial charge on any atom is -0.486 e. The third-order valence-electron chi connectivity index (χ3n) is 4.47. The molecule has 0 bridgehead atoms. The molecular weight excluding hydrogens is 442 g/mol. The Labute approximate surface area is 187 Å². The summed E-state index contributed by atoms with van der Waals surface area (Å²) in [5.41, 5.74) is 0.915. The summed E-state index contributed by atoms with van der Waals surface area (Å²) in [7, 11) is 0. The zero-order valence-electron chi connectivity index (χ0n) is 16.6. The van der Waals surface area contributed by atoms with E-state index in [0.717, 1.165) is 5.56 Å². The predicted octanol–water partition coefficient (Wildman–Crippen LogP) is 2.75. The topological polar surface area (TPSA) is 114 Å². The van der Waals surface area contributed by atoms with Gasteiger partial charge in [0, 0.05) is 11.6 Å². The molecule has 4 rings (SSSR count). The fourth-order valence-corrected chi connectivity index (χ4v) is 3.70. The molecule has 2 aromatic carbocycles. The Morgan fingerprint density at radius 2 is 2.03 bits per heavy atom. The minimum atomic E-state index is -0.425. The quantitative estimate of drug-likeness (QED) is 0.389. The van der Waals surface area contributed by atoms with Crippen molar-refractivity contribution in [1.82, 2.24) is 20.2 Å². The first kappa shape index (κ1) is 21.1. The van der Waals surface area contributed by atoms with Crippen molar-refractivity contribution in [3.8, 4) is 17.2 Å². The maximum absolute atomic E-state index is 12.5. The number of benzene rings is 2. The number of aromatic nitrogens is 3. The maximum atomic E-state index is 12.5. The first-order chi connectivity index (χ1) is 15.0. The van der Waals surface area contributed by atoms with E-state index < -0.39 is 5.25 Å². The smallest absolute Gasteiger partial charge is 0.233 e. The lowest BCUT2D eigenvalue weighted by Gasteiger charge is -2.12. The van der Waals surface area contributed by atoms with Crippen molar-refractivity contribution in [1.29, 1.82) is 0 Å². The second kappa shape index (κ2) is 9.36. The fourth-order valence-electron chi connectivity index (χ4n) is 2.76. The summed E-state index contributed by atoms with van der Waals surface area (Å²) in [6.45, 7) is 2.50. The van der Waals surface area contributed by atoms with Gasteiger partial charge in [0.25, 0.3) is 0 Å². The van der Waals surface area contributed by atoms with Crippen LogP contribution in [0.15, 0.2) is 47.6 Å². The Hall–Kier alpha value is -3.11. The number of ether oxygens (including phenoxy) is 3. The molecule has 1 atom stereocenters. The van der Waals surface area contributed by atoms with Crippen LogP contribution < -0.4 is 25.4 Å². The molecule has 3 N–H and O–H groups in total. The zero-order valence-corrected chi connectivity index (χ0v) is 18.2. The molecule has 1 aliphatic rings. The van der Waals surface area contributed by atoms with E-state index in [1.54, 1.807) is 31.2 Å². The Bertz CT molecular complexity index is 1080. The van der Waals surface area contributed by atoms with Crippen LogP contribution in [0, 0.1) is 0 Å². The molecule has 1 amide bonds. The van der Waals surface area contributed by atoms with Crippen molar-refractivity contribution >= 4 is 29.3 Å². The number of carbonyl (C=O) groups excluding carboxylic acids is 1. The number of rotatable bonds is 8. The number of nitrogens with zero attached hydrogens (tertiary/aromatic N) is 3. The number of nitrogens with one attached hydrogen (secondary N) is 1. The van der Waals surface area contributed by atoms with Crippen LogP contribution >= 0.6 is 23.4 Å². The Balaban J connectivity index is 1.29. The lowest BCUT2D eigenvalue weighted by molar-refractivity contribution is -0.120. The number of halogens is 1. The summed E-state index contributed by atoms with van der Waals surface area (Å²) >= 11 is 7.08. The first-order valence-electron chi connectivity index (χ1n) is 9.40. The highest BCUT2D eigenvalue weighted by Gasteiger charge is 2.20. The Kier molecular flexibility index (Phi) is 6.38. The molecule has 9 nitrogen and oxygen atoms in total. The second-order valence-corrected chi connectivity index (χ2v) is 8.42. The van der Waals surface area contributed by atoms with Gasteiger partial charge in [0.1, 0.15) is 12.4 Å². The first-order valence-corrected chi connectivity index (χ1v) is 10.7. The van der Waals surface area contributed by atoms with Gasteiger partial charge in [-0.15, -0.1) is 10.2 Å². The summed E-state index contributed by atoms with van der Waals surface area (Å²) in [4.78, 5) is 12.5. The summed E-state index contributed by atoms with van der Waals surface area (Å²) < 4.78 is 17.6. The number of hydrogen-bond acceptors (Lipinski definition) is 8. The molecule has 0 aliphatic carbocycles. The van der Waals surface area contributed by atoms with Gasteiger partial charge in [0.15, 0.2) is 17.3 Å². The van der Waals surface area contributed by atoms with E-state index in [4.69, 9.17) is 31.7 Å². The van der Waals surface area contributed by atoms with E-state index in [9.17, 15) is 4.79 Å². The highest BCUT2D eigenvalue weighted by molar-refractivity contribution is 8.00. The van der Waals surface area contributed by atoms with Gasteiger partial charge < -0.3 is 25.4 Å². The minimum absolute atomic E-state index is 0.135. The zero-order chi connectivity index (χ0) is 21.8. The van der Waals surface area contributed by atoms with E-state index in [-0.39, 0.29) is 19.3 Å². The van der Waals surface area contributed by atoms with Crippen LogP contribution in [0.4, 0.5) is 0 Å². The summed E-state index contributed by atoms with van der Waals surface area (Å²) in [5.74, 6) is 8.38. The summed E-state index contributed by atoms with van der Waals surface area (Å²) in [6.07, 6.45) is 0. The number of fused-ring (bicyclic) bond motifs is 1. The molecule has 31 heavy (non-hydrogen) atoms. The number of nitrogen functional groups attached to an aromatic ring is 1. The van der Waals surface area contributed by atoms with Gasteiger partial charge in [0.2, 0.25) is 17.9 Å². The molecule has 1 unspecified atom stereocenters. The van der Waals surface area contributed by atoms with Crippen molar-refractivity contribution in [2.75, 3.05) is 12.6 Å². The average Bonchev–Trinajstić information content (AvgIpc) is 3.38. The van der Waals surface area contributed by atoms with Crippen LogP contribution in [-0.2, 0) is 17.9 Å². The van der Waals surface area contributed by atoms with Crippen LogP contribution in [0.5, 0.6) is 17.2 Å². The lowest BCUT2D eigenvalue weighted by Crippen LogP contribution is -2.31. The molecule has 0 saturated heterocycles. The predicted molar refractivity (Wildman–Crippen MR) is 116 cm³/mol. The van der Waals surface area contributed by atoms with Crippen molar-refractivity contribution in [3.63, 3.8) is 0 Å². The van der Waals surface area contributed by atoms with Crippen LogP contribution in [0.25, 0.3) is 0 Å². The van der Waals surface area contributed by atoms with E-state index in [0.29, 0.717) is 39.8 Å². The molecular formula is C20H20ClN5O4S. The van der Waals surface area contributed by atoms with Gasteiger partial charge in [-0.1, -0.05) is 29.4 Å². The Morgan fingerprint density at radius 3 is 2.84 bits per heavy atom. The number of hydrogen-bond donors (Lipinski definition) is 2. The monoisotopic (exact) mass is 461 g/mol. The standard InChI is InChI=1S/C20H20ClN5O4S/c1-12(19(27)23-9-13-2-7-16-17(8-13)30-11-29-16)31-20-25-24-18(26(20)22)10-28-15-5-3-14(21)4-6-15/h2-8,12H,9-11,22H2,1H3,(H,23,27). The van der Waals surface area contributed by atoms with Crippen LogP contribution in [0.2, 0.25) is 5.02 Å². The van der Waals surface area contributed by atoms with Gasteiger partial charge in [-0.25, -0.2) is 4.68 Å². The van der Waals surface area contributed by atoms with Crippen molar-refractivity contribution < 1.29 is 19.0 Å². The van der Waals surface area contributed by atoms with Gasteiger partial charge in [-0.05, 0) is 48.9 Å². The molecule has 1 aromatic heterocycles. The number of amides is 1. The molecule has 162 valence electrons. The normalized spacial score (nSPS) is 13.1. The number of nitrogens with two attached hydrogens (primary N) is 1. The van der Waals surface area contributed by atoms with Gasteiger partial charge >= 0.3 is 0 Å². The van der Waals surface area contributed by atoms with Crippen molar-refractivity contribution in [2.24, 2.45) is 0 Å². The Morgan fingerprint density at radius 1 is 1.26 bits per heavy atom. The molecule has 3 aromatic rings. The third-order valence-corrected chi connectivity index (χ3v) is 5.78. The van der Waals surface area contributed by atoms with E-state index in [2.05, 4.69) is 15.5 Å². The summed E-state index contributed by atoms with van der Waals surface area (Å²) in [5, 5.41) is 11.6.